The van der Waals surface area contributed by atoms with Crippen LogP contribution in [0.1, 0.15) is 24.2 Å². The molecule has 1 fully saturated rings. The summed E-state index contributed by atoms with van der Waals surface area (Å²) in [5, 5.41) is 0. The molecule has 1 heterocycles. The van der Waals surface area contributed by atoms with Gasteiger partial charge in [-0.15, -0.1) is 0 Å². The highest BCUT2D eigenvalue weighted by Crippen LogP contribution is 2.39. The molecule has 80 valence electrons. The van der Waals surface area contributed by atoms with Crippen LogP contribution in [0.2, 0.25) is 0 Å². The maximum atomic E-state index is 11.1. The number of ether oxygens (including phenoxy) is 2. The zero-order valence-electron chi connectivity index (χ0n) is 8.90. The van der Waals surface area contributed by atoms with Crippen LogP contribution in [0, 0.1) is 0 Å². The Hall–Kier alpha value is -1.35. The molecular weight excluding hydrogens is 192 g/mol. The predicted octanol–water partition coefficient (Wildman–Crippen LogP) is 1.86. The third-order valence-corrected chi connectivity index (χ3v) is 2.64. The van der Waals surface area contributed by atoms with Crippen LogP contribution >= 0.6 is 0 Å². The summed E-state index contributed by atoms with van der Waals surface area (Å²) in [6, 6.07) is 8.13. The number of methoxy groups -OCH3 is 1. The van der Waals surface area contributed by atoms with Crippen LogP contribution in [-0.4, -0.2) is 19.2 Å². The first-order valence-corrected chi connectivity index (χ1v) is 5.08. The molecule has 0 aromatic heterocycles. The first-order chi connectivity index (χ1) is 7.26. The summed E-state index contributed by atoms with van der Waals surface area (Å²) in [6.07, 6.45) is 0.512. The van der Waals surface area contributed by atoms with E-state index in [1.54, 1.807) is 0 Å². The summed E-state index contributed by atoms with van der Waals surface area (Å²) >= 11 is 0. The Balaban J connectivity index is 2.04. The number of hydrogen-bond acceptors (Lipinski definition) is 3. The lowest BCUT2D eigenvalue weighted by atomic mass is 10.1. The number of epoxide rings is 1. The number of benzene rings is 1. The lowest BCUT2D eigenvalue weighted by Gasteiger charge is -1.98. The summed E-state index contributed by atoms with van der Waals surface area (Å²) < 4.78 is 9.86. The molecule has 3 heteroatoms. The van der Waals surface area contributed by atoms with Crippen LogP contribution in [0.4, 0.5) is 0 Å². The smallest absolute Gasteiger partial charge is 0.338 e. The van der Waals surface area contributed by atoms with Gasteiger partial charge in [0.25, 0.3) is 0 Å². The average Bonchev–Trinajstić information content (AvgIpc) is 3.08. The number of esters is 1. The molecule has 0 amide bonds. The second-order valence-electron chi connectivity index (χ2n) is 3.60. The quantitative estimate of drug-likeness (QED) is 0.559. The van der Waals surface area contributed by atoms with Gasteiger partial charge in [-0.3, -0.25) is 0 Å². The van der Waals surface area contributed by atoms with Crippen LogP contribution in [0.15, 0.2) is 24.3 Å². The van der Waals surface area contributed by atoms with Crippen molar-refractivity contribution in [2.75, 3.05) is 7.11 Å². The highest BCUT2D eigenvalue weighted by Gasteiger charge is 2.47. The number of hydrogen-bond donors (Lipinski definition) is 0. The van der Waals surface area contributed by atoms with Crippen LogP contribution in [0.25, 0.3) is 0 Å². The number of carbonyl (C=O) groups excluding carboxylic acids is 1. The van der Waals surface area contributed by atoms with Crippen LogP contribution in [0.5, 0.6) is 0 Å². The Morgan fingerprint density at radius 2 is 2.07 bits per heavy atom. The number of carbonyl (C=O) groups is 1. The van der Waals surface area contributed by atoms with Gasteiger partial charge in [0.15, 0.2) is 6.10 Å². The fraction of sp³-hybridized carbons (Fsp3) is 0.417. The van der Waals surface area contributed by atoms with Crippen molar-refractivity contribution in [1.29, 1.82) is 0 Å². The largest absolute Gasteiger partial charge is 0.467 e. The van der Waals surface area contributed by atoms with Gasteiger partial charge >= 0.3 is 5.97 Å². The molecular formula is C12H14O3. The Bertz CT molecular complexity index is 356. The van der Waals surface area contributed by atoms with E-state index in [0.29, 0.717) is 0 Å². The minimum atomic E-state index is -0.400. The van der Waals surface area contributed by atoms with Crippen molar-refractivity contribution >= 4 is 5.97 Å². The minimum Gasteiger partial charge on any atom is -0.467 e. The molecule has 2 atom stereocenters. The summed E-state index contributed by atoms with van der Waals surface area (Å²) in [5.74, 6) is -0.292. The summed E-state index contributed by atoms with van der Waals surface area (Å²) in [7, 11) is 1.38. The van der Waals surface area contributed by atoms with Crippen molar-refractivity contribution in [1.82, 2.24) is 0 Å². The van der Waals surface area contributed by atoms with Crippen LogP contribution in [-0.2, 0) is 20.7 Å². The third kappa shape index (κ3) is 2.02. The molecule has 2 unspecified atom stereocenters. The SMILES string of the molecule is CCc1ccc(C2OC2C(=O)OC)cc1. The van der Waals surface area contributed by atoms with E-state index in [1.165, 1.54) is 12.7 Å². The maximum absolute atomic E-state index is 11.1. The molecule has 15 heavy (non-hydrogen) atoms. The Morgan fingerprint density at radius 1 is 1.40 bits per heavy atom. The van der Waals surface area contributed by atoms with E-state index in [-0.39, 0.29) is 12.1 Å². The molecule has 0 aliphatic carbocycles. The predicted molar refractivity (Wildman–Crippen MR) is 55.5 cm³/mol. The molecule has 1 saturated heterocycles. The average molecular weight is 206 g/mol. The van der Waals surface area contributed by atoms with E-state index in [4.69, 9.17) is 4.74 Å². The molecule has 0 bridgehead atoms. The van der Waals surface area contributed by atoms with E-state index in [9.17, 15) is 4.79 Å². The molecule has 3 nitrogen and oxygen atoms in total. The highest BCUT2D eigenvalue weighted by molar-refractivity contribution is 5.78. The van der Waals surface area contributed by atoms with Crippen molar-refractivity contribution < 1.29 is 14.3 Å². The van der Waals surface area contributed by atoms with Crippen LogP contribution < -0.4 is 0 Å². The van der Waals surface area contributed by atoms with E-state index in [0.717, 1.165) is 12.0 Å². The van der Waals surface area contributed by atoms with Gasteiger partial charge in [-0.1, -0.05) is 31.2 Å². The van der Waals surface area contributed by atoms with Crippen molar-refractivity contribution in [3.63, 3.8) is 0 Å². The fourth-order valence-electron chi connectivity index (χ4n) is 1.60. The molecule has 0 radical (unpaired) electrons. The Morgan fingerprint density at radius 3 is 2.60 bits per heavy atom. The van der Waals surface area contributed by atoms with Gasteiger partial charge in [0, 0.05) is 0 Å². The lowest BCUT2D eigenvalue weighted by Crippen LogP contribution is -2.09. The van der Waals surface area contributed by atoms with E-state index >= 15 is 0 Å². The summed E-state index contributed by atoms with van der Waals surface area (Å²) in [4.78, 5) is 11.1. The Labute approximate surface area is 89.0 Å². The first kappa shape index (κ1) is 10.2. The van der Waals surface area contributed by atoms with E-state index < -0.39 is 6.10 Å². The van der Waals surface area contributed by atoms with Gasteiger partial charge in [0.1, 0.15) is 6.10 Å². The van der Waals surface area contributed by atoms with Gasteiger partial charge in [0.2, 0.25) is 0 Å². The molecule has 1 aliphatic heterocycles. The van der Waals surface area contributed by atoms with Crippen molar-refractivity contribution in [3.8, 4) is 0 Å². The maximum Gasteiger partial charge on any atom is 0.338 e. The monoisotopic (exact) mass is 206 g/mol. The fourth-order valence-corrected chi connectivity index (χ4v) is 1.60. The summed E-state index contributed by atoms with van der Waals surface area (Å²) in [6.45, 7) is 2.11. The third-order valence-electron chi connectivity index (χ3n) is 2.64. The number of aryl methyl sites for hydroxylation is 1. The molecule has 2 rings (SSSR count). The van der Waals surface area contributed by atoms with E-state index in [2.05, 4.69) is 23.8 Å². The van der Waals surface area contributed by atoms with Gasteiger partial charge in [-0.2, -0.15) is 0 Å². The normalized spacial score (nSPS) is 23.6. The second kappa shape index (κ2) is 4.03. The first-order valence-electron chi connectivity index (χ1n) is 5.08. The van der Waals surface area contributed by atoms with Gasteiger partial charge in [-0.25, -0.2) is 4.79 Å². The molecule has 0 N–H and O–H groups in total. The Kier molecular flexibility index (Phi) is 2.73. The van der Waals surface area contributed by atoms with Gasteiger partial charge in [0.05, 0.1) is 7.11 Å². The summed E-state index contributed by atoms with van der Waals surface area (Å²) in [5.41, 5.74) is 2.33. The van der Waals surface area contributed by atoms with E-state index in [1.807, 2.05) is 12.1 Å². The van der Waals surface area contributed by atoms with Crippen molar-refractivity contribution in [2.24, 2.45) is 0 Å². The minimum absolute atomic E-state index is 0.108. The second-order valence-corrected chi connectivity index (χ2v) is 3.60. The zero-order chi connectivity index (χ0) is 10.8. The van der Waals surface area contributed by atoms with Crippen molar-refractivity contribution in [2.45, 2.75) is 25.6 Å². The van der Waals surface area contributed by atoms with Gasteiger partial charge in [-0.05, 0) is 17.5 Å². The molecule has 0 spiro atoms. The molecule has 0 saturated carbocycles. The topological polar surface area (TPSA) is 38.8 Å². The molecule has 1 aromatic carbocycles. The van der Waals surface area contributed by atoms with Crippen molar-refractivity contribution in [3.05, 3.63) is 35.4 Å². The number of rotatable bonds is 3. The molecule has 1 aromatic rings. The molecule has 1 aliphatic rings. The zero-order valence-corrected chi connectivity index (χ0v) is 8.90. The lowest BCUT2D eigenvalue weighted by molar-refractivity contribution is -0.142. The van der Waals surface area contributed by atoms with Crippen LogP contribution in [0.3, 0.4) is 0 Å². The standard InChI is InChI=1S/C12H14O3/c1-3-8-4-6-9(7-5-8)10-11(15-10)12(13)14-2/h4-7,10-11H,3H2,1-2H3. The highest BCUT2D eigenvalue weighted by atomic mass is 16.6. The van der Waals surface area contributed by atoms with Gasteiger partial charge < -0.3 is 9.47 Å².